The zero-order chi connectivity index (χ0) is 65.8. The predicted molar refractivity (Wildman–Crippen MR) is 393 cm³/mol. The Bertz CT molecular complexity index is 2440. The van der Waals surface area contributed by atoms with Crippen molar-refractivity contribution in [3.63, 3.8) is 0 Å². The molecule has 10 heteroatoms. The van der Waals surface area contributed by atoms with Gasteiger partial charge in [-0.1, -0.05) is 275 Å². The van der Waals surface area contributed by atoms with Gasteiger partial charge >= 0.3 is 19.8 Å². The van der Waals surface area contributed by atoms with Crippen LogP contribution in [0.2, 0.25) is 0 Å². The number of unbranched alkanes of at least 4 members (excludes halogenated alkanes) is 5. The minimum absolute atomic E-state index is 0.0260. The number of phosphoric acid groups is 1. The molecule has 9 nitrogen and oxygen atoms in total. The lowest BCUT2D eigenvalue weighted by molar-refractivity contribution is -0.161. The smallest absolute Gasteiger partial charge is 0.462 e. The van der Waals surface area contributed by atoms with Crippen molar-refractivity contribution in [2.24, 2.45) is 5.73 Å². The monoisotopic (exact) mass is 1270 g/mol. The summed E-state index contributed by atoms with van der Waals surface area (Å²) in [5.74, 6) is -0.943. The molecule has 0 rings (SSSR count). The standard InChI is InChI=1S/C81H120NO8P/c1-3-5-7-9-11-13-15-17-19-21-23-25-27-29-31-33-35-36-37-38-39-40-41-42-44-46-48-50-52-54-56-58-60-62-64-66-68-70-72-74-81(84)90-79(78-89-91(85,86)88-76-75-82)77-87-80(83)73-71-69-67-65-63-61-59-57-55-53-51-49-47-45-43-34-32-30-28-26-24-22-20-18-16-14-12-10-8-6-4-2/h5-8,11-14,17-20,23-26,29-32,35-36,38-39,41-43,45-46,48-49,51-52,54-55,57-58,60-61,63-64,66,79H,3-4,9-10,15-16,21-22,27-28,33-34,37,40,44,47,50,53,56,59,62,65,67-78,82H2,1-2H3,(H,85,86)/b7-5-,8-6-,13-11-,14-12-,19-17-,20-18-,25-23-,26-24-,31-29-,32-30-,36-35-,39-38-,42-41-,45-43-,48-46-,51-49-,54-52-,57-55-,60-58-,63-61-,66-64-. The number of hydrogen-bond acceptors (Lipinski definition) is 8. The van der Waals surface area contributed by atoms with E-state index in [2.05, 4.69) is 269 Å². The molecular formula is C81H120NO8P. The molecule has 0 aromatic rings. The number of carbonyl (C=O) groups excluding carboxylic acids is 2. The summed E-state index contributed by atoms with van der Waals surface area (Å²) in [4.78, 5) is 35.3. The van der Waals surface area contributed by atoms with Crippen molar-refractivity contribution in [3.05, 3.63) is 255 Å². The molecule has 3 N–H and O–H groups in total. The summed E-state index contributed by atoms with van der Waals surface area (Å²) < 4.78 is 33.0. The minimum atomic E-state index is -4.44. The average Bonchev–Trinajstić information content (AvgIpc) is 3.71. The van der Waals surface area contributed by atoms with Crippen molar-refractivity contribution < 1.29 is 37.6 Å². The number of carbonyl (C=O) groups is 2. The van der Waals surface area contributed by atoms with Crippen molar-refractivity contribution in [2.75, 3.05) is 26.4 Å². The van der Waals surface area contributed by atoms with Gasteiger partial charge in [0, 0.05) is 19.4 Å². The molecule has 2 unspecified atom stereocenters. The van der Waals surface area contributed by atoms with Crippen LogP contribution in [0.15, 0.2) is 255 Å². The zero-order valence-corrected chi connectivity index (χ0v) is 57.1. The highest BCUT2D eigenvalue weighted by Crippen LogP contribution is 2.43. The first-order chi connectivity index (χ1) is 44.8. The van der Waals surface area contributed by atoms with Gasteiger partial charge in [-0.3, -0.25) is 18.6 Å². The molecule has 0 saturated carbocycles. The van der Waals surface area contributed by atoms with Crippen LogP contribution < -0.4 is 5.73 Å². The van der Waals surface area contributed by atoms with Gasteiger partial charge in [0.15, 0.2) is 6.10 Å². The molecule has 0 amide bonds. The van der Waals surface area contributed by atoms with Crippen molar-refractivity contribution in [1.82, 2.24) is 0 Å². The summed E-state index contributed by atoms with van der Waals surface area (Å²) in [5.41, 5.74) is 5.39. The van der Waals surface area contributed by atoms with Crippen LogP contribution in [0.3, 0.4) is 0 Å². The number of nitrogens with two attached hydrogens (primary N) is 1. The molecule has 0 spiro atoms. The lowest BCUT2D eigenvalue weighted by atomic mass is 10.1. The second-order valence-corrected chi connectivity index (χ2v) is 22.7. The van der Waals surface area contributed by atoms with E-state index < -0.39 is 32.5 Å². The molecule has 502 valence electrons. The number of esters is 2. The van der Waals surface area contributed by atoms with E-state index in [1.54, 1.807) is 0 Å². The van der Waals surface area contributed by atoms with E-state index in [0.717, 1.165) is 167 Å². The maximum Gasteiger partial charge on any atom is 0.472 e. The second-order valence-electron chi connectivity index (χ2n) is 21.2. The molecule has 91 heavy (non-hydrogen) atoms. The second kappa shape index (κ2) is 72.6. The maximum absolute atomic E-state index is 12.7. The van der Waals surface area contributed by atoms with Crippen LogP contribution in [0.5, 0.6) is 0 Å². The van der Waals surface area contributed by atoms with E-state index in [-0.39, 0.29) is 32.6 Å². The lowest BCUT2D eigenvalue weighted by Crippen LogP contribution is -2.29. The fraction of sp³-hybridized carbons (Fsp3) is 0.457. The van der Waals surface area contributed by atoms with E-state index in [1.165, 1.54) is 0 Å². The average molecular weight is 1270 g/mol. The lowest BCUT2D eigenvalue weighted by Gasteiger charge is -2.19. The number of allylic oxidation sites excluding steroid dienone is 42. The molecule has 0 aliphatic heterocycles. The third-order valence-corrected chi connectivity index (χ3v) is 13.9. The maximum atomic E-state index is 12.7. The van der Waals surface area contributed by atoms with Crippen LogP contribution in [-0.2, 0) is 32.7 Å². The Kier molecular flexibility index (Phi) is 67.5. The Balaban J connectivity index is 4.18. The van der Waals surface area contributed by atoms with Gasteiger partial charge < -0.3 is 20.1 Å². The van der Waals surface area contributed by atoms with Gasteiger partial charge in [-0.25, -0.2) is 4.57 Å². The Labute approximate surface area is 554 Å². The fourth-order valence-corrected chi connectivity index (χ4v) is 8.73. The Hall–Kier alpha value is -6.45. The van der Waals surface area contributed by atoms with Gasteiger partial charge in [0.25, 0.3) is 0 Å². The highest BCUT2D eigenvalue weighted by Gasteiger charge is 2.26. The van der Waals surface area contributed by atoms with Crippen LogP contribution in [0.25, 0.3) is 0 Å². The van der Waals surface area contributed by atoms with E-state index in [9.17, 15) is 19.0 Å². The van der Waals surface area contributed by atoms with Gasteiger partial charge in [-0.15, -0.1) is 0 Å². The molecule has 0 heterocycles. The highest BCUT2D eigenvalue weighted by atomic mass is 31.2. The summed E-state index contributed by atoms with van der Waals surface area (Å²) in [6, 6.07) is 0. The van der Waals surface area contributed by atoms with Gasteiger partial charge in [-0.2, -0.15) is 0 Å². The number of phosphoric ester groups is 1. The molecule has 0 aromatic heterocycles. The minimum Gasteiger partial charge on any atom is -0.462 e. The fourth-order valence-electron chi connectivity index (χ4n) is 7.96. The molecule has 0 radical (unpaired) electrons. The molecule has 2 atom stereocenters. The largest absolute Gasteiger partial charge is 0.472 e. The van der Waals surface area contributed by atoms with Crippen molar-refractivity contribution in [3.8, 4) is 0 Å². The van der Waals surface area contributed by atoms with Crippen LogP contribution in [0.1, 0.15) is 206 Å². The van der Waals surface area contributed by atoms with Crippen LogP contribution in [0.4, 0.5) is 0 Å². The Morgan fingerprint density at radius 3 is 0.846 bits per heavy atom. The van der Waals surface area contributed by atoms with E-state index in [0.29, 0.717) is 12.8 Å². The Morgan fingerprint density at radius 1 is 0.330 bits per heavy atom. The summed E-state index contributed by atoms with van der Waals surface area (Å²) in [6.07, 6.45) is 118. The van der Waals surface area contributed by atoms with Gasteiger partial charge in [0.2, 0.25) is 0 Å². The third kappa shape index (κ3) is 72.5. The summed E-state index contributed by atoms with van der Waals surface area (Å²) in [6.45, 7) is 3.38. The van der Waals surface area contributed by atoms with Gasteiger partial charge in [-0.05, 0) is 173 Å². The van der Waals surface area contributed by atoms with Crippen molar-refractivity contribution in [2.45, 2.75) is 213 Å². The van der Waals surface area contributed by atoms with E-state index >= 15 is 0 Å². The molecule has 0 saturated heterocycles. The zero-order valence-electron chi connectivity index (χ0n) is 56.2. The van der Waals surface area contributed by atoms with Crippen LogP contribution in [-0.4, -0.2) is 49.3 Å². The van der Waals surface area contributed by atoms with Crippen LogP contribution >= 0.6 is 7.82 Å². The first-order valence-corrected chi connectivity index (χ1v) is 35.7. The van der Waals surface area contributed by atoms with Crippen LogP contribution in [0, 0.1) is 0 Å². The normalized spacial score (nSPS) is 14.5. The summed E-state index contributed by atoms with van der Waals surface area (Å²) >= 11 is 0. The quantitative estimate of drug-likeness (QED) is 0.0264. The highest BCUT2D eigenvalue weighted by molar-refractivity contribution is 7.47. The number of ether oxygens (including phenoxy) is 2. The van der Waals surface area contributed by atoms with E-state index in [4.69, 9.17) is 24.3 Å². The SMILES string of the molecule is CC/C=C\C/C=C\C/C=C\C/C=C\C/C=C\C/C=C\C/C=C\C/C=C\C/C=C\C/C=C\C/C=C\C/C=C\CCCCC(=O)OC(COC(=O)CCCCC/C=C\C/C=C\C/C=C\C/C=C\C/C=C\C/C=C\C/C=C\C/C=C\C/C=C\CC)COP(=O)(O)OCCN. The van der Waals surface area contributed by atoms with Gasteiger partial charge in [0.05, 0.1) is 13.2 Å². The number of hydrogen-bond donors (Lipinski definition) is 2. The molecule has 0 bridgehead atoms. The molecule has 0 aromatic carbocycles. The van der Waals surface area contributed by atoms with Crippen molar-refractivity contribution in [1.29, 1.82) is 0 Å². The number of rotatable bonds is 60. The predicted octanol–water partition coefficient (Wildman–Crippen LogP) is 23.0. The molecule has 0 fully saturated rings. The molecule has 0 aliphatic rings. The summed E-state index contributed by atoms with van der Waals surface area (Å²) in [5, 5.41) is 0. The molecular weight excluding hydrogens is 1150 g/mol. The van der Waals surface area contributed by atoms with E-state index in [1.807, 2.05) is 0 Å². The third-order valence-electron chi connectivity index (χ3n) is 12.9. The summed E-state index contributed by atoms with van der Waals surface area (Å²) in [7, 11) is -4.44. The molecule has 0 aliphatic carbocycles. The Morgan fingerprint density at radius 2 is 0.571 bits per heavy atom. The van der Waals surface area contributed by atoms with Gasteiger partial charge in [0.1, 0.15) is 6.61 Å². The first kappa shape index (κ1) is 84.5. The van der Waals surface area contributed by atoms with Crippen molar-refractivity contribution >= 4 is 19.8 Å². The first-order valence-electron chi connectivity index (χ1n) is 34.2. The topological polar surface area (TPSA) is 134 Å².